The number of hydrogen-bond donors (Lipinski definition) is 2. The molecule has 1 aromatic heterocycles. The zero-order valence-electron chi connectivity index (χ0n) is 7.88. The predicted octanol–water partition coefficient (Wildman–Crippen LogP) is 1.25. The largest absolute Gasteiger partial charge is 0.481 e. The first-order valence-corrected chi connectivity index (χ1v) is 4.14. The Morgan fingerprint density at radius 2 is 2.20 bits per heavy atom. The topological polar surface area (TPSA) is 70.2 Å². The van der Waals surface area contributed by atoms with Gasteiger partial charge in [-0.2, -0.15) is 0 Å². The summed E-state index contributed by atoms with van der Waals surface area (Å²) in [7, 11) is 0. The van der Waals surface area contributed by atoms with Crippen LogP contribution in [0.25, 0.3) is 0 Å². The van der Waals surface area contributed by atoms with Gasteiger partial charge in [0.05, 0.1) is 6.42 Å². The minimum Gasteiger partial charge on any atom is -0.481 e. The number of alkyl halides is 2. The van der Waals surface area contributed by atoms with Gasteiger partial charge in [-0.1, -0.05) is 0 Å². The minimum atomic E-state index is -2.80. The lowest BCUT2D eigenvalue weighted by atomic mass is 10.0. The standard InChI is InChI=1S/C9H9F2NO3/c1-4-5(2-7(13)14)6(8(10)11)3-12-9(4)15/h3,8H,2H2,1H3,(H,12,15)(H,13,14). The van der Waals surface area contributed by atoms with Crippen LogP contribution in [0.2, 0.25) is 0 Å². The van der Waals surface area contributed by atoms with E-state index in [0.29, 0.717) is 0 Å². The third-order valence-corrected chi connectivity index (χ3v) is 2.06. The Kier molecular flexibility index (Phi) is 3.18. The quantitative estimate of drug-likeness (QED) is 0.800. The van der Waals surface area contributed by atoms with E-state index in [9.17, 15) is 18.4 Å². The van der Waals surface area contributed by atoms with Gasteiger partial charge in [0.15, 0.2) is 0 Å². The second kappa shape index (κ2) is 4.20. The van der Waals surface area contributed by atoms with Crippen LogP contribution in [-0.4, -0.2) is 16.1 Å². The first kappa shape index (κ1) is 11.4. The molecule has 1 rings (SSSR count). The number of aromatic amines is 1. The van der Waals surface area contributed by atoms with E-state index in [-0.39, 0.29) is 11.1 Å². The summed E-state index contributed by atoms with van der Waals surface area (Å²) >= 11 is 0. The first-order valence-electron chi connectivity index (χ1n) is 4.14. The highest BCUT2D eigenvalue weighted by molar-refractivity contribution is 5.71. The molecule has 2 N–H and O–H groups in total. The van der Waals surface area contributed by atoms with Gasteiger partial charge >= 0.3 is 5.97 Å². The van der Waals surface area contributed by atoms with Crippen molar-refractivity contribution in [3.05, 3.63) is 33.2 Å². The number of carboxylic acid groups (broad SMARTS) is 1. The molecule has 0 saturated heterocycles. The molecule has 0 fully saturated rings. The van der Waals surface area contributed by atoms with Crippen molar-refractivity contribution in [1.82, 2.24) is 4.98 Å². The third kappa shape index (κ3) is 2.39. The first-order chi connectivity index (χ1) is 6.93. The summed E-state index contributed by atoms with van der Waals surface area (Å²) in [5.74, 6) is -1.24. The fraction of sp³-hybridized carbons (Fsp3) is 0.333. The lowest BCUT2D eigenvalue weighted by Crippen LogP contribution is -2.17. The van der Waals surface area contributed by atoms with Crippen molar-refractivity contribution in [3.63, 3.8) is 0 Å². The summed E-state index contributed by atoms with van der Waals surface area (Å²) in [5.41, 5.74) is -1.07. The zero-order valence-corrected chi connectivity index (χ0v) is 7.88. The summed E-state index contributed by atoms with van der Waals surface area (Å²) in [4.78, 5) is 23.7. The Hall–Kier alpha value is -1.72. The molecule has 0 aromatic carbocycles. The fourth-order valence-corrected chi connectivity index (χ4v) is 1.27. The SMILES string of the molecule is Cc1c(CC(=O)O)c(C(F)F)c[nH]c1=O. The summed E-state index contributed by atoms with van der Waals surface area (Å²) in [6, 6.07) is 0. The molecule has 0 spiro atoms. The molecule has 0 unspecified atom stereocenters. The van der Waals surface area contributed by atoms with Gasteiger partial charge in [-0.15, -0.1) is 0 Å². The third-order valence-electron chi connectivity index (χ3n) is 2.06. The summed E-state index contributed by atoms with van der Waals surface area (Å²) in [5, 5.41) is 8.53. The number of halogens is 2. The monoisotopic (exact) mass is 217 g/mol. The molecule has 0 radical (unpaired) electrons. The van der Waals surface area contributed by atoms with Crippen LogP contribution in [0.5, 0.6) is 0 Å². The maximum atomic E-state index is 12.5. The van der Waals surface area contributed by atoms with Crippen LogP contribution in [0.1, 0.15) is 23.1 Å². The van der Waals surface area contributed by atoms with E-state index < -0.39 is 29.9 Å². The van der Waals surface area contributed by atoms with E-state index in [1.807, 2.05) is 0 Å². The van der Waals surface area contributed by atoms with Gasteiger partial charge < -0.3 is 10.1 Å². The van der Waals surface area contributed by atoms with Crippen LogP contribution < -0.4 is 5.56 Å². The molecule has 82 valence electrons. The zero-order chi connectivity index (χ0) is 11.6. The molecule has 15 heavy (non-hydrogen) atoms. The van der Waals surface area contributed by atoms with Gasteiger partial charge in [0.1, 0.15) is 0 Å². The normalized spacial score (nSPS) is 10.7. The second-order valence-electron chi connectivity index (χ2n) is 3.05. The molecule has 4 nitrogen and oxygen atoms in total. The van der Waals surface area contributed by atoms with Crippen molar-refractivity contribution in [2.24, 2.45) is 0 Å². The number of aromatic nitrogens is 1. The highest BCUT2D eigenvalue weighted by atomic mass is 19.3. The molecule has 0 aliphatic carbocycles. The fourth-order valence-electron chi connectivity index (χ4n) is 1.27. The van der Waals surface area contributed by atoms with E-state index in [0.717, 1.165) is 6.20 Å². The van der Waals surface area contributed by atoms with Crippen molar-refractivity contribution in [2.75, 3.05) is 0 Å². The Morgan fingerprint density at radius 3 is 2.67 bits per heavy atom. The number of pyridine rings is 1. The van der Waals surface area contributed by atoms with E-state index >= 15 is 0 Å². The molecule has 0 aliphatic rings. The highest BCUT2D eigenvalue weighted by Crippen LogP contribution is 2.23. The summed E-state index contributed by atoms with van der Waals surface area (Å²) in [6.07, 6.45) is -2.51. The molecule has 0 saturated carbocycles. The van der Waals surface area contributed by atoms with Crippen LogP contribution in [0.4, 0.5) is 8.78 Å². The van der Waals surface area contributed by atoms with Gasteiger partial charge in [0.2, 0.25) is 0 Å². The molecule has 1 heterocycles. The molecule has 0 aliphatic heterocycles. The summed E-state index contributed by atoms with van der Waals surface area (Å²) in [6.45, 7) is 1.32. The van der Waals surface area contributed by atoms with Crippen LogP contribution in [-0.2, 0) is 11.2 Å². The predicted molar refractivity (Wildman–Crippen MR) is 48.1 cm³/mol. The van der Waals surface area contributed by atoms with E-state index in [4.69, 9.17) is 5.11 Å². The molecular weight excluding hydrogens is 208 g/mol. The Labute approximate surface area is 83.6 Å². The van der Waals surface area contributed by atoms with E-state index in [1.54, 1.807) is 0 Å². The number of rotatable bonds is 3. The molecule has 6 heteroatoms. The number of aliphatic carboxylic acids is 1. The van der Waals surface area contributed by atoms with E-state index in [1.165, 1.54) is 6.92 Å². The van der Waals surface area contributed by atoms with Crippen LogP contribution in [0, 0.1) is 6.92 Å². The lowest BCUT2D eigenvalue weighted by molar-refractivity contribution is -0.136. The van der Waals surface area contributed by atoms with Gasteiger partial charge in [0, 0.05) is 17.3 Å². The molecule has 0 atom stereocenters. The van der Waals surface area contributed by atoms with Gasteiger partial charge in [-0.3, -0.25) is 9.59 Å². The average molecular weight is 217 g/mol. The Bertz CT molecular complexity index is 439. The average Bonchev–Trinajstić information content (AvgIpc) is 2.12. The van der Waals surface area contributed by atoms with Gasteiger partial charge in [-0.25, -0.2) is 8.78 Å². The molecular formula is C9H9F2NO3. The smallest absolute Gasteiger partial charge is 0.307 e. The van der Waals surface area contributed by atoms with Crippen LogP contribution in [0.15, 0.2) is 11.0 Å². The van der Waals surface area contributed by atoms with E-state index in [2.05, 4.69) is 4.98 Å². The van der Waals surface area contributed by atoms with Crippen molar-refractivity contribution >= 4 is 5.97 Å². The molecule has 1 aromatic rings. The number of nitrogens with one attached hydrogen (secondary N) is 1. The Morgan fingerprint density at radius 1 is 1.60 bits per heavy atom. The second-order valence-corrected chi connectivity index (χ2v) is 3.05. The maximum Gasteiger partial charge on any atom is 0.307 e. The van der Waals surface area contributed by atoms with Crippen molar-refractivity contribution in [1.29, 1.82) is 0 Å². The lowest BCUT2D eigenvalue weighted by Gasteiger charge is -2.08. The summed E-state index contributed by atoms with van der Waals surface area (Å²) < 4.78 is 24.9. The van der Waals surface area contributed by atoms with Gasteiger partial charge in [0.25, 0.3) is 12.0 Å². The van der Waals surface area contributed by atoms with Gasteiger partial charge in [-0.05, 0) is 12.5 Å². The molecule has 0 amide bonds. The number of H-pyrrole nitrogens is 1. The van der Waals surface area contributed by atoms with Crippen molar-refractivity contribution < 1.29 is 18.7 Å². The van der Waals surface area contributed by atoms with Crippen LogP contribution in [0.3, 0.4) is 0 Å². The minimum absolute atomic E-state index is 0.0233. The van der Waals surface area contributed by atoms with Crippen LogP contribution >= 0.6 is 0 Å². The maximum absolute atomic E-state index is 12.5. The molecule has 0 bridgehead atoms. The number of carboxylic acids is 1. The highest BCUT2D eigenvalue weighted by Gasteiger charge is 2.18. The number of carbonyl (C=O) groups is 1. The Balaban J connectivity index is 3.34. The number of hydrogen-bond acceptors (Lipinski definition) is 2. The van der Waals surface area contributed by atoms with Crippen molar-refractivity contribution in [2.45, 2.75) is 19.8 Å². The van der Waals surface area contributed by atoms with Crippen molar-refractivity contribution in [3.8, 4) is 0 Å².